The zero-order valence-corrected chi connectivity index (χ0v) is 11.0. The van der Waals surface area contributed by atoms with E-state index in [4.69, 9.17) is 9.84 Å². The first-order valence-corrected chi connectivity index (χ1v) is 6.15. The van der Waals surface area contributed by atoms with Crippen LogP contribution in [0, 0.1) is 0 Å². The fourth-order valence-electron chi connectivity index (χ4n) is 2.26. The average Bonchev–Trinajstić information content (AvgIpc) is 2.34. The standard InChI is InChI=1S/C12H24N2O3/c1-12(2)4-5-13-10(8-11(15)16)9-14(12)6-7-17-3/h10,13H,4-9H2,1-3H3,(H,15,16). The molecule has 0 bridgehead atoms. The Hall–Kier alpha value is -0.650. The summed E-state index contributed by atoms with van der Waals surface area (Å²) in [6.45, 7) is 7.57. The summed E-state index contributed by atoms with van der Waals surface area (Å²) < 4.78 is 5.12. The first-order valence-electron chi connectivity index (χ1n) is 6.15. The van der Waals surface area contributed by atoms with Gasteiger partial charge < -0.3 is 15.2 Å². The predicted molar refractivity (Wildman–Crippen MR) is 66.2 cm³/mol. The lowest BCUT2D eigenvalue weighted by molar-refractivity contribution is -0.137. The first-order chi connectivity index (χ1) is 7.95. The minimum Gasteiger partial charge on any atom is -0.481 e. The highest BCUT2D eigenvalue weighted by Gasteiger charge is 2.31. The Balaban J connectivity index is 2.62. The van der Waals surface area contributed by atoms with E-state index in [0.717, 1.165) is 26.1 Å². The van der Waals surface area contributed by atoms with Crippen molar-refractivity contribution in [3.8, 4) is 0 Å². The Morgan fingerprint density at radius 2 is 2.29 bits per heavy atom. The summed E-state index contributed by atoms with van der Waals surface area (Å²) in [6.07, 6.45) is 1.20. The fourth-order valence-corrected chi connectivity index (χ4v) is 2.26. The summed E-state index contributed by atoms with van der Waals surface area (Å²) in [4.78, 5) is 13.1. The van der Waals surface area contributed by atoms with Gasteiger partial charge in [-0.25, -0.2) is 0 Å². The lowest BCUT2D eigenvalue weighted by atomic mass is 9.98. The molecule has 5 nitrogen and oxygen atoms in total. The molecule has 1 saturated heterocycles. The molecule has 17 heavy (non-hydrogen) atoms. The van der Waals surface area contributed by atoms with Crippen LogP contribution in [0.2, 0.25) is 0 Å². The Morgan fingerprint density at radius 1 is 1.59 bits per heavy atom. The first kappa shape index (κ1) is 14.4. The minimum atomic E-state index is -0.742. The maximum Gasteiger partial charge on any atom is 0.304 e. The third-order valence-electron chi connectivity index (χ3n) is 3.45. The summed E-state index contributed by atoms with van der Waals surface area (Å²) in [5.74, 6) is -0.742. The lowest BCUT2D eigenvalue weighted by Crippen LogP contribution is -2.48. The number of ether oxygens (including phenoxy) is 1. The van der Waals surface area contributed by atoms with Crippen LogP contribution in [-0.2, 0) is 9.53 Å². The van der Waals surface area contributed by atoms with E-state index in [-0.39, 0.29) is 18.0 Å². The highest BCUT2D eigenvalue weighted by molar-refractivity contribution is 5.67. The van der Waals surface area contributed by atoms with Crippen molar-refractivity contribution >= 4 is 5.97 Å². The van der Waals surface area contributed by atoms with Crippen LogP contribution < -0.4 is 5.32 Å². The molecule has 5 heteroatoms. The highest BCUT2D eigenvalue weighted by Crippen LogP contribution is 2.21. The molecule has 0 aromatic rings. The molecule has 0 amide bonds. The number of nitrogens with one attached hydrogen (secondary N) is 1. The van der Waals surface area contributed by atoms with Crippen molar-refractivity contribution in [1.82, 2.24) is 10.2 Å². The van der Waals surface area contributed by atoms with Gasteiger partial charge in [0.05, 0.1) is 13.0 Å². The molecule has 1 heterocycles. The number of nitrogens with zero attached hydrogens (tertiary/aromatic N) is 1. The smallest absolute Gasteiger partial charge is 0.304 e. The Bertz CT molecular complexity index is 256. The summed E-state index contributed by atoms with van der Waals surface area (Å²) >= 11 is 0. The normalized spacial score (nSPS) is 25.5. The van der Waals surface area contributed by atoms with E-state index in [1.165, 1.54) is 0 Å². The molecule has 2 N–H and O–H groups in total. The number of carboxylic acid groups (broad SMARTS) is 1. The van der Waals surface area contributed by atoms with Crippen molar-refractivity contribution in [2.24, 2.45) is 0 Å². The molecule has 0 spiro atoms. The van der Waals surface area contributed by atoms with Crippen LogP contribution in [0.25, 0.3) is 0 Å². The Labute approximate surface area is 103 Å². The van der Waals surface area contributed by atoms with Crippen molar-refractivity contribution < 1.29 is 14.6 Å². The van der Waals surface area contributed by atoms with Gasteiger partial charge in [-0.2, -0.15) is 0 Å². The third-order valence-corrected chi connectivity index (χ3v) is 3.45. The van der Waals surface area contributed by atoms with E-state index in [2.05, 4.69) is 24.1 Å². The molecule has 1 fully saturated rings. The van der Waals surface area contributed by atoms with Gasteiger partial charge in [-0.15, -0.1) is 0 Å². The van der Waals surface area contributed by atoms with E-state index in [1.54, 1.807) is 7.11 Å². The fraction of sp³-hybridized carbons (Fsp3) is 0.917. The topological polar surface area (TPSA) is 61.8 Å². The minimum absolute atomic E-state index is 0.0335. The van der Waals surface area contributed by atoms with E-state index in [9.17, 15) is 4.79 Å². The second kappa shape index (κ2) is 6.33. The Kier molecular flexibility index (Phi) is 5.36. The predicted octanol–water partition coefficient (Wildman–Crippen LogP) is 0.550. The zero-order chi connectivity index (χ0) is 12.9. The average molecular weight is 244 g/mol. The Morgan fingerprint density at radius 3 is 2.88 bits per heavy atom. The van der Waals surface area contributed by atoms with Crippen molar-refractivity contribution in [3.63, 3.8) is 0 Å². The monoisotopic (exact) mass is 244 g/mol. The molecule has 100 valence electrons. The number of carbonyl (C=O) groups is 1. The molecular formula is C12H24N2O3. The second-order valence-corrected chi connectivity index (χ2v) is 5.25. The molecule has 0 saturated carbocycles. The van der Waals surface area contributed by atoms with Gasteiger partial charge >= 0.3 is 5.97 Å². The molecule has 1 rings (SSSR count). The maximum absolute atomic E-state index is 10.8. The summed E-state index contributed by atoms with van der Waals surface area (Å²) in [5, 5.41) is 12.2. The number of hydrogen-bond donors (Lipinski definition) is 2. The molecule has 1 aliphatic rings. The van der Waals surface area contributed by atoms with Crippen LogP contribution >= 0.6 is 0 Å². The third kappa shape index (κ3) is 4.61. The van der Waals surface area contributed by atoms with Crippen molar-refractivity contribution in [3.05, 3.63) is 0 Å². The number of aliphatic carboxylic acids is 1. The van der Waals surface area contributed by atoms with Gasteiger partial charge in [0.2, 0.25) is 0 Å². The van der Waals surface area contributed by atoms with Crippen LogP contribution in [0.5, 0.6) is 0 Å². The van der Waals surface area contributed by atoms with Gasteiger partial charge in [-0.05, 0) is 26.8 Å². The molecule has 1 atom stereocenters. The van der Waals surface area contributed by atoms with Crippen molar-refractivity contribution in [1.29, 1.82) is 0 Å². The number of hydrogen-bond acceptors (Lipinski definition) is 4. The zero-order valence-electron chi connectivity index (χ0n) is 11.0. The SMILES string of the molecule is COCCN1CC(CC(=O)O)NCCC1(C)C. The molecule has 0 aromatic heterocycles. The van der Waals surface area contributed by atoms with Crippen LogP contribution in [-0.4, -0.2) is 60.9 Å². The van der Waals surface area contributed by atoms with Gasteiger partial charge in [-0.3, -0.25) is 9.69 Å². The molecule has 0 aromatic carbocycles. The molecule has 1 aliphatic heterocycles. The summed E-state index contributed by atoms with van der Waals surface area (Å²) in [5.41, 5.74) is 0.0960. The maximum atomic E-state index is 10.8. The van der Waals surface area contributed by atoms with Crippen molar-refractivity contribution in [2.75, 3.05) is 33.4 Å². The number of methoxy groups -OCH3 is 1. The van der Waals surface area contributed by atoms with Crippen molar-refractivity contribution in [2.45, 2.75) is 38.3 Å². The molecule has 0 aliphatic carbocycles. The van der Waals surface area contributed by atoms with Crippen LogP contribution in [0.15, 0.2) is 0 Å². The van der Waals surface area contributed by atoms with E-state index >= 15 is 0 Å². The largest absolute Gasteiger partial charge is 0.481 e. The second-order valence-electron chi connectivity index (χ2n) is 5.25. The molecular weight excluding hydrogens is 220 g/mol. The quantitative estimate of drug-likeness (QED) is 0.739. The molecule has 1 unspecified atom stereocenters. The number of carboxylic acids is 1. The highest BCUT2D eigenvalue weighted by atomic mass is 16.5. The van der Waals surface area contributed by atoms with Crippen LogP contribution in [0.3, 0.4) is 0 Å². The van der Waals surface area contributed by atoms with Crippen LogP contribution in [0.4, 0.5) is 0 Å². The molecule has 0 radical (unpaired) electrons. The van der Waals surface area contributed by atoms with Gasteiger partial charge in [0, 0.05) is 31.8 Å². The summed E-state index contributed by atoms with van der Waals surface area (Å²) in [7, 11) is 1.69. The summed E-state index contributed by atoms with van der Waals surface area (Å²) in [6, 6.07) is 0.0335. The van der Waals surface area contributed by atoms with Gasteiger partial charge in [0.15, 0.2) is 0 Å². The van der Waals surface area contributed by atoms with Gasteiger partial charge in [-0.1, -0.05) is 0 Å². The van der Waals surface area contributed by atoms with E-state index < -0.39 is 5.97 Å². The van der Waals surface area contributed by atoms with Crippen LogP contribution in [0.1, 0.15) is 26.7 Å². The number of rotatable bonds is 5. The van der Waals surface area contributed by atoms with Gasteiger partial charge in [0.1, 0.15) is 0 Å². The van der Waals surface area contributed by atoms with E-state index in [0.29, 0.717) is 6.61 Å². The van der Waals surface area contributed by atoms with E-state index in [1.807, 2.05) is 0 Å². The van der Waals surface area contributed by atoms with Gasteiger partial charge in [0.25, 0.3) is 0 Å². The lowest BCUT2D eigenvalue weighted by Gasteiger charge is -2.37.